The van der Waals surface area contributed by atoms with E-state index in [1.54, 1.807) is 41.9 Å². The first kappa shape index (κ1) is 24.3. The molecule has 4 rings (SSSR count). The first-order valence-corrected chi connectivity index (χ1v) is 11.6. The van der Waals surface area contributed by atoms with E-state index >= 15 is 0 Å². The summed E-state index contributed by atoms with van der Waals surface area (Å²) in [6.45, 7) is -0.312. The molecule has 1 aliphatic heterocycles. The highest BCUT2D eigenvalue weighted by atomic mass is 32.2. The molecule has 1 unspecified atom stereocenters. The second-order valence-electron chi connectivity index (χ2n) is 7.91. The first-order valence-electron chi connectivity index (χ1n) is 10.6. The normalized spacial score (nSPS) is 14.7. The van der Waals surface area contributed by atoms with Gasteiger partial charge in [-0.25, -0.2) is 4.39 Å². The number of rotatable bonds is 8. The molecule has 2 amide bonds. The van der Waals surface area contributed by atoms with Gasteiger partial charge in [-0.05, 0) is 35.4 Å². The number of halogens is 1. The molecule has 0 bridgehead atoms. The van der Waals surface area contributed by atoms with Crippen LogP contribution in [0.2, 0.25) is 0 Å². The van der Waals surface area contributed by atoms with Gasteiger partial charge in [-0.2, -0.15) is 4.98 Å². The second-order valence-corrected chi connectivity index (χ2v) is 8.85. The molecule has 182 valence electrons. The SMILES string of the molecule is COc1cc(C2CC(=O)Nc3c2c(=O)nc(SCc2ccc(F)cc2)n3C)ccc1OCC(N)=O. The van der Waals surface area contributed by atoms with Gasteiger partial charge in [0.1, 0.15) is 11.6 Å². The Morgan fingerprint density at radius 1 is 1.23 bits per heavy atom. The van der Waals surface area contributed by atoms with Gasteiger partial charge in [-0.1, -0.05) is 30.0 Å². The molecule has 9 nitrogen and oxygen atoms in total. The van der Waals surface area contributed by atoms with E-state index in [1.165, 1.54) is 31.0 Å². The molecular formula is C24H23FN4O5S. The summed E-state index contributed by atoms with van der Waals surface area (Å²) in [5.74, 6) is -0.248. The summed E-state index contributed by atoms with van der Waals surface area (Å²) in [5, 5.41) is 3.22. The molecule has 0 radical (unpaired) electrons. The van der Waals surface area contributed by atoms with E-state index in [1.807, 2.05) is 0 Å². The van der Waals surface area contributed by atoms with Gasteiger partial charge in [0.25, 0.3) is 11.5 Å². The number of fused-ring (bicyclic) bond motifs is 1. The number of nitrogens with one attached hydrogen (secondary N) is 1. The fourth-order valence-electron chi connectivity index (χ4n) is 3.85. The van der Waals surface area contributed by atoms with Crippen molar-refractivity contribution < 1.29 is 23.5 Å². The minimum absolute atomic E-state index is 0.0522. The van der Waals surface area contributed by atoms with Gasteiger partial charge in [0.2, 0.25) is 5.91 Å². The quantitative estimate of drug-likeness (QED) is 0.361. The lowest BCUT2D eigenvalue weighted by Crippen LogP contribution is -2.33. The van der Waals surface area contributed by atoms with E-state index in [4.69, 9.17) is 15.2 Å². The van der Waals surface area contributed by atoms with Crippen LogP contribution in [0.25, 0.3) is 0 Å². The molecule has 0 aliphatic carbocycles. The van der Waals surface area contributed by atoms with Crippen molar-refractivity contribution >= 4 is 29.4 Å². The Morgan fingerprint density at radius 2 is 1.97 bits per heavy atom. The number of hydrogen-bond donors (Lipinski definition) is 2. The van der Waals surface area contributed by atoms with Crippen LogP contribution in [0.3, 0.4) is 0 Å². The van der Waals surface area contributed by atoms with Crippen LogP contribution in [0.15, 0.2) is 52.4 Å². The van der Waals surface area contributed by atoms with Gasteiger partial charge in [-0.15, -0.1) is 0 Å². The molecule has 0 saturated carbocycles. The maximum atomic E-state index is 13.2. The van der Waals surface area contributed by atoms with Crippen LogP contribution in [0.4, 0.5) is 10.2 Å². The first-order chi connectivity index (χ1) is 16.8. The fourth-order valence-corrected chi connectivity index (χ4v) is 4.77. The van der Waals surface area contributed by atoms with Crippen LogP contribution >= 0.6 is 11.8 Å². The highest BCUT2D eigenvalue weighted by Crippen LogP contribution is 2.39. The molecule has 2 heterocycles. The number of carbonyl (C=O) groups is 2. The van der Waals surface area contributed by atoms with Crippen molar-refractivity contribution in [1.29, 1.82) is 0 Å². The number of benzene rings is 2. The highest BCUT2D eigenvalue weighted by Gasteiger charge is 2.32. The number of ether oxygens (including phenoxy) is 2. The lowest BCUT2D eigenvalue weighted by molar-refractivity contribution is -0.120. The molecule has 35 heavy (non-hydrogen) atoms. The number of primary amides is 1. The number of amides is 2. The number of methoxy groups -OCH3 is 1. The van der Waals surface area contributed by atoms with Crippen LogP contribution in [0.1, 0.15) is 29.0 Å². The summed E-state index contributed by atoms with van der Waals surface area (Å²) in [6, 6.07) is 11.1. The summed E-state index contributed by atoms with van der Waals surface area (Å²) in [4.78, 5) is 41.0. The van der Waals surface area contributed by atoms with E-state index in [0.717, 1.165) is 5.56 Å². The zero-order valence-corrected chi connectivity index (χ0v) is 19.9. The van der Waals surface area contributed by atoms with Crippen LogP contribution < -0.4 is 26.1 Å². The average molecular weight is 499 g/mol. The molecule has 0 saturated heterocycles. The number of thioether (sulfide) groups is 1. The van der Waals surface area contributed by atoms with Gasteiger partial charge >= 0.3 is 0 Å². The van der Waals surface area contributed by atoms with Crippen molar-refractivity contribution in [3.63, 3.8) is 0 Å². The summed E-state index contributed by atoms with van der Waals surface area (Å²) in [7, 11) is 3.17. The van der Waals surface area contributed by atoms with E-state index in [0.29, 0.717) is 39.4 Å². The molecule has 1 aromatic heterocycles. The van der Waals surface area contributed by atoms with Gasteiger partial charge in [-0.3, -0.25) is 14.4 Å². The largest absolute Gasteiger partial charge is 0.493 e. The maximum Gasteiger partial charge on any atom is 0.279 e. The Labute approximate surface area is 204 Å². The van der Waals surface area contributed by atoms with E-state index < -0.39 is 17.4 Å². The zero-order chi connectivity index (χ0) is 25.1. The summed E-state index contributed by atoms with van der Waals surface area (Å²) < 4.78 is 25.6. The van der Waals surface area contributed by atoms with Gasteiger partial charge in [0.05, 0.1) is 12.7 Å². The number of nitrogens with zero attached hydrogens (tertiary/aromatic N) is 2. The monoisotopic (exact) mass is 498 g/mol. The number of nitrogens with two attached hydrogens (primary N) is 1. The third-order valence-electron chi connectivity index (χ3n) is 5.54. The summed E-state index contributed by atoms with van der Waals surface area (Å²) in [5.41, 5.74) is 6.59. The van der Waals surface area contributed by atoms with Crippen molar-refractivity contribution in [2.24, 2.45) is 12.8 Å². The topological polar surface area (TPSA) is 126 Å². The third-order valence-corrected chi connectivity index (χ3v) is 6.64. The molecule has 2 aromatic carbocycles. The van der Waals surface area contributed by atoms with Crippen LogP contribution in [-0.4, -0.2) is 35.1 Å². The molecular weight excluding hydrogens is 475 g/mol. The molecule has 1 atom stereocenters. The highest BCUT2D eigenvalue weighted by molar-refractivity contribution is 7.98. The third kappa shape index (κ3) is 5.29. The minimum atomic E-state index is -0.628. The standard InChI is InChI=1S/C24H23FN4O5S/c1-29-22-21(23(32)28-24(29)35-12-13-3-6-15(25)7-4-13)16(10-20(31)27-22)14-5-8-17(18(9-14)33-2)34-11-19(26)30/h3-9,16H,10-12H2,1-2H3,(H2,26,30)(H,27,31). The van der Waals surface area contributed by atoms with E-state index in [-0.39, 0.29) is 24.8 Å². The Balaban J connectivity index is 1.67. The van der Waals surface area contributed by atoms with E-state index in [2.05, 4.69) is 10.3 Å². The van der Waals surface area contributed by atoms with Crippen molar-refractivity contribution in [3.05, 3.63) is 75.3 Å². The van der Waals surface area contributed by atoms with Crippen LogP contribution in [-0.2, 0) is 22.4 Å². The Morgan fingerprint density at radius 3 is 2.66 bits per heavy atom. The summed E-state index contributed by atoms with van der Waals surface area (Å²) in [6.07, 6.45) is 0.0522. The Kier molecular flexibility index (Phi) is 7.06. The van der Waals surface area contributed by atoms with Gasteiger partial charge in [0, 0.05) is 25.1 Å². The lowest BCUT2D eigenvalue weighted by Gasteiger charge is -2.28. The van der Waals surface area contributed by atoms with E-state index in [9.17, 15) is 18.8 Å². The molecule has 1 aliphatic rings. The second kappa shape index (κ2) is 10.2. The molecule has 11 heteroatoms. The van der Waals surface area contributed by atoms with Crippen molar-refractivity contribution in [2.75, 3.05) is 19.0 Å². The average Bonchev–Trinajstić information content (AvgIpc) is 2.84. The number of aromatic nitrogens is 2. The Hall–Kier alpha value is -3.86. The number of anilines is 1. The maximum absolute atomic E-state index is 13.2. The molecule has 0 spiro atoms. The molecule has 3 N–H and O–H groups in total. The predicted octanol–water partition coefficient (Wildman–Crippen LogP) is 2.56. The molecule has 3 aromatic rings. The van der Waals surface area contributed by atoms with Gasteiger partial charge in [0.15, 0.2) is 23.3 Å². The van der Waals surface area contributed by atoms with Crippen molar-refractivity contribution in [1.82, 2.24) is 9.55 Å². The zero-order valence-electron chi connectivity index (χ0n) is 19.0. The van der Waals surface area contributed by atoms with Crippen molar-refractivity contribution in [2.45, 2.75) is 23.2 Å². The van der Waals surface area contributed by atoms with Crippen molar-refractivity contribution in [3.8, 4) is 11.5 Å². The number of carbonyl (C=O) groups excluding carboxylic acids is 2. The Bertz CT molecular complexity index is 1340. The molecule has 0 fully saturated rings. The lowest BCUT2D eigenvalue weighted by atomic mass is 9.86. The van der Waals surface area contributed by atoms with Crippen LogP contribution in [0.5, 0.6) is 11.5 Å². The summed E-state index contributed by atoms with van der Waals surface area (Å²) >= 11 is 1.31. The van der Waals surface area contributed by atoms with Crippen LogP contribution in [0, 0.1) is 5.82 Å². The number of hydrogen-bond acceptors (Lipinski definition) is 7. The minimum Gasteiger partial charge on any atom is -0.493 e. The predicted molar refractivity (Wildman–Crippen MR) is 128 cm³/mol. The fraction of sp³-hybridized carbons (Fsp3) is 0.250. The van der Waals surface area contributed by atoms with Gasteiger partial charge < -0.3 is 25.1 Å². The smallest absolute Gasteiger partial charge is 0.279 e.